The van der Waals surface area contributed by atoms with Crippen LogP contribution in [0, 0.1) is 0 Å². The van der Waals surface area contributed by atoms with Gasteiger partial charge in [-0.05, 0) is 18.1 Å². The third kappa shape index (κ3) is 4.73. The number of carbonyl (C=O) groups is 2. The van der Waals surface area contributed by atoms with E-state index in [2.05, 4.69) is 10.3 Å². The number of carboxylic acid groups (broad SMARTS) is 1. The number of carboxylic acids is 1. The number of benzene rings is 1. The van der Waals surface area contributed by atoms with Crippen LogP contribution in [0.25, 0.3) is 10.9 Å². The molecule has 1 atom stereocenters. The molecule has 0 aliphatic rings. The maximum Gasteiger partial charge on any atom is 2.00 e. The van der Waals surface area contributed by atoms with Gasteiger partial charge in [-0.3, -0.25) is 4.79 Å². The van der Waals surface area contributed by atoms with E-state index >= 15 is 0 Å². The monoisotopic (exact) mass is 316 g/mol. The number of carbonyl (C=O) groups excluding carboxylic acids is 1. The summed E-state index contributed by atoms with van der Waals surface area (Å²) in [5, 5.41) is 12.8. The van der Waals surface area contributed by atoms with Gasteiger partial charge in [0.05, 0.1) is 0 Å². The molecule has 3 N–H and O–H groups in total. The maximum atomic E-state index is 11.6. The zero-order chi connectivity index (χ0) is 14.5. The van der Waals surface area contributed by atoms with Crippen LogP contribution in [0.2, 0.25) is 0 Å². The fourth-order valence-electron chi connectivity index (χ4n) is 2.21. The van der Waals surface area contributed by atoms with Gasteiger partial charge >= 0.3 is 43.7 Å². The molecule has 6 heteroatoms. The first kappa shape index (κ1) is 18.0. The van der Waals surface area contributed by atoms with E-state index in [1.807, 2.05) is 31.2 Å². The molecule has 0 aliphatic heterocycles. The van der Waals surface area contributed by atoms with Gasteiger partial charge in [-0.15, -0.1) is 0 Å². The van der Waals surface area contributed by atoms with Crippen LogP contribution in [0.3, 0.4) is 0 Å². The largest absolute Gasteiger partial charge is 2.00 e. The Hall–Kier alpha value is -1.04. The second-order valence-electron chi connectivity index (χ2n) is 4.77. The number of para-hydroxylation sites is 1. The minimum atomic E-state index is -1.01. The van der Waals surface area contributed by atoms with Crippen LogP contribution in [-0.2, 0) is 16.0 Å². The van der Waals surface area contributed by atoms with Crippen molar-refractivity contribution >= 4 is 60.5 Å². The second kappa shape index (κ2) is 8.41. The Labute approximate surface area is 156 Å². The van der Waals surface area contributed by atoms with Gasteiger partial charge in [0.1, 0.15) is 6.04 Å². The van der Waals surface area contributed by atoms with E-state index in [4.69, 9.17) is 0 Å². The van der Waals surface area contributed by atoms with Crippen molar-refractivity contribution in [2.75, 3.05) is 0 Å². The summed E-state index contributed by atoms with van der Waals surface area (Å²) in [5.41, 5.74) is 1.86. The average Bonchev–Trinajstić information content (AvgIpc) is 2.82. The molecule has 1 amide bonds. The molecule has 2 rings (SSSR count). The first-order valence-electron chi connectivity index (χ1n) is 6.69. The predicted molar refractivity (Wildman–Crippen MR) is 84.5 cm³/mol. The molecule has 0 aliphatic carbocycles. The van der Waals surface area contributed by atoms with Crippen molar-refractivity contribution in [3.8, 4) is 0 Å². The Morgan fingerprint density at radius 3 is 2.76 bits per heavy atom. The third-order valence-corrected chi connectivity index (χ3v) is 3.21. The summed E-state index contributed by atoms with van der Waals surface area (Å²) in [6.45, 7) is 1.88. The van der Waals surface area contributed by atoms with Crippen LogP contribution in [-0.4, -0.2) is 65.7 Å². The number of H-pyrrole nitrogens is 1. The molecule has 2 aromatic rings. The van der Waals surface area contributed by atoms with Gasteiger partial charge in [0.25, 0.3) is 0 Å². The van der Waals surface area contributed by atoms with Gasteiger partial charge in [-0.25, -0.2) is 4.79 Å². The topological polar surface area (TPSA) is 82.2 Å². The molecule has 1 aromatic carbocycles. The van der Waals surface area contributed by atoms with Crippen molar-refractivity contribution in [3.63, 3.8) is 0 Å². The van der Waals surface area contributed by atoms with Crippen molar-refractivity contribution in [3.05, 3.63) is 36.0 Å². The van der Waals surface area contributed by atoms with Crippen molar-refractivity contribution in [1.29, 1.82) is 0 Å². The molecule has 0 bridgehead atoms. The Balaban J connectivity index is 0. The second-order valence-corrected chi connectivity index (χ2v) is 4.77. The number of aliphatic carboxylic acids is 1. The van der Waals surface area contributed by atoms with Gasteiger partial charge in [-0.2, -0.15) is 0 Å². The molecule has 0 spiro atoms. The van der Waals surface area contributed by atoms with Crippen molar-refractivity contribution in [2.45, 2.75) is 32.2 Å². The van der Waals surface area contributed by atoms with Crippen molar-refractivity contribution in [1.82, 2.24) is 10.3 Å². The van der Waals surface area contributed by atoms with Crippen LogP contribution in [0.15, 0.2) is 30.5 Å². The summed E-state index contributed by atoms with van der Waals surface area (Å²) < 4.78 is 0. The van der Waals surface area contributed by atoms with E-state index < -0.39 is 12.0 Å². The quantitative estimate of drug-likeness (QED) is 0.712. The number of amides is 1. The molecule has 110 valence electrons. The Morgan fingerprint density at radius 2 is 2.10 bits per heavy atom. The number of hydrogen-bond donors (Lipinski definition) is 3. The zero-order valence-corrected chi connectivity index (χ0v) is 14.3. The number of fused-ring (bicyclic) bond motifs is 1. The van der Waals surface area contributed by atoms with Gasteiger partial charge in [0, 0.05) is 29.9 Å². The van der Waals surface area contributed by atoms with E-state index in [0.717, 1.165) is 16.5 Å². The zero-order valence-electron chi connectivity index (χ0n) is 14.1. The molecular formula is C15H20CaN2O3. The van der Waals surface area contributed by atoms with Crippen LogP contribution in [0.5, 0.6) is 0 Å². The summed E-state index contributed by atoms with van der Waals surface area (Å²) >= 11 is 0. The first-order valence-corrected chi connectivity index (χ1v) is 6.69. The molecule has 0 saturated heterocycles. The Kier molecular flexibility index (Phi) is 7.22. The first-order chi connectivity index (χ1) is 9.61. The van der Waals surface area contributed by atoms with E-state index in [-0.39, 0.29) is 52.9 Å². The number of hydrogen-bond acceptors (Lipinski definition) is 2. The number of aromatic amines is 1. The fraction of sp³-hybridized carbons (Fsp3) is 0.333. The summed E-state index contributed by atoms with van der Waals surface area (Å²) in [4.78, 5) is 25.9. The number of rotatable bonds is 6. The summed E-state index contributed by atoms with van der Waals surface area (Å²) in [7, 11) is 0. The maximum absolute atomic E-state index is 11.6. The normalized spacial score (nSPS) is 11.7. The molecule has 1 unspecified atom stereocenters. The molecular weight excluding hydrogens is 296 g/mol. The summed E-state index contributed by atoms with van der Waals surface area (Å²) in [6, 6.07) is 6.80. The van der Waals surface area contributed by atoms with Crippen molar-refractivity contribution < 1.29 is 17.5 Å². The summed E-state index contributed by atoms with van der Waals surface area (Å²) in [6.07, 6.45) is 3.12. The van der Waals surface area contributed by atoms with E-state index in [9.17, 15) is 14.7 Å². The van der Waals surface area contributed by atoms with Crippen LogP contribution < -0.4 is 5.32 Å². The average molecular weight is 316 g/mol. The third-order valence-electron chi connectivity index (χ3n) is 3.21. The predicted octanol–water partition coefficient (Wildman–Crippen LogP) is 1.92. The Morgan fingerprint density at radius 1 is 1.38 bits per heavy atom. The molecule has 1 heterocycles. The molecule has 5 nitrogen and oxygen atoms in total. The van der Waals surface area contributed by atoms with Gasteiger partial charge in [0.2, 0.25) is 5.91 Å². The van der Waals surface area contributed by atoms with Crippen LogP contribution >= 0.6 is 0 Å². The van der Waals surface area contributed by atoms with Crippen LogP contribution in [0.1, 0.15) is 28.2 Å². The smallest absolute Gasteiger partial charge is 1.00 e. The van der Waals surface area contributed by atoms with E-state index in [1.54, 1.807) is 6.20 Å². The molecule has 0 fully saturated rings. The van der Waals surface area contributed by atoms with Gasteiger partial charge < -0.3 is 18.3 Å². The Bertz CT molecular complexity index is 634. The SMILES string of the molecule is CCCC(=O)NC(Cc1c[nH]c2ccccc12)C(=O)O.[Ca+2].[H-].[H-]. The molecule has 0 radical (unpaired) electrons. The number of nitrogens with one attached hydrogen (secondary N) is 2. The molecule has 21 heavy (non-hydrogen) atoms. The standard InChI is InChI=1S/C15H18N2O3.Ca.2H/c1-2-5-14(18)17-13(15(19)20)8-10-9-16-12-7-4-3-6-11(10)12;;;/h3-4,6-7,9,13,16H,2,5,8H2,1H3,(H,17,18)(H,19,20);;;/q;+2;2*-1. The van der Waals surface area contributed by atoms with Gasteiger partial charge in [0.15, 0.2) is 0 Å². The minimum absolute atomic E-state index is 0. The minimum Gasteiger partial charge on any atom is -1.00 e. The molecule has 0 saturated carbocycles. The van der Waals surface area contributed by atoms with E-state index in [1.165, 1.54) is 0 Å². The summed E-state index contributed by atoms with van der Waals surface area (Å²) in [5.74, 6) is -1.24. The van der Waals surface area contributed by atoms with Gasteiger partial charge in [-0.1, -0.05) is 25.1 Å². The fourth-order valence-corrected chi connectivity index (χ4v) is 2.21. The van der Waals surface area contributed by atoms with E-state index in [0.29, 0.717) is 12.8 Å². The number of aromatic nitrogens is 1. The van der Waals surface area contributed by atoms with Crippen molar-refractivity contribution in [2.24, 2.45) is 0 Å². The molecule has 1 aromatic heterocycles. The van der Waals surface area contributed by atoms with Crippen LogP contribution in [0.4, 0.5) is 0 Å².